The minimum absolute atomic E-state index is 0.220. The van der Waals surface area contributed by atoms with E-state index in [1.54, 1.807) is 23.0 Å². The predicted molar refractivity (Wildman–Crippen MR) is 82.7 cm³/mol. The van der Waals surface area contributed by atoms with Gasteiger partial charge in [0.05, 0.1) is 5.69 Å². The smallest absolute Gasteiger partial charge is 0.230 e. The second-order valence-electron chi connectivity index (χ2n) is 4.83. The first kappa shape index (κ1) is 13.8. The molecular weight excluding hydrogens is 265 g/mol. The number of phenols is 1. The molecule has 1 atom stereocenters. The van der Waals surface area contributed by atoms with Crippen LogP contribution < -0.4 is 9.55 Å². The molecule has 0 spiro atoms. The molecule has 1 N–H and O–H groups in total. The van der Waals surface area contributed by atoms with Crippen LogP contribution in [-0.4, -0.2) is 32.5 Å². The fraction of sp³-hybridized carbons (Fsp3) is 0.250. The molecule has 0 aliphatic carbocycles. The molecule has 1 aliphatic heterocycles. The average molecular weight is 281 g/mol. The molecule has 106 valence electrons. The Morgan fingerprint density at radius 1 is 1.33 bits per heavy atom. The van der Waals surface area contributed by atoms with Gasteiger partial charge in [-0.1, -0.05) is 24.3 Å². The molecule has 1 heterocycles. The summed E-state index contributed by atoms with van der Waals surface area (Å²) in [7, 11) is 6.13. The van der Waals surface area contributed by atoms with Gasteiger partial charge in [0.1, 0.15) is 18.1 Å². The highest BCUT2D eigenvalue weighted by molar-refractivity contribution is 6.19. The van der Waals surface area contributed by atoms with Crippen LogP contribution in [0, 0.1) is 0 Å². The monoisotopic (exact) mass is 281 g/mol. The van der Waals surface area contributed by atoms with Gasteiger partial charge in [-0.05, 0) is 30.7 Å². The topological polar surface area (TPSA) is 41.9 Å². The second-order valence-corrected chi connectivity index (χ2v) is 4.83. The van der Waals surface area contributed by atoms with Crippen molar-refractivity contribution in [2.75, 3.05) is 18.0 Å². The van der Waals surface area contributed by atoms with Gasteiger partial charge in [0.2, 0.25) is 7.98 Å². The van der Waals surface area contributed by atoms with Gasteiger partial charge < -0.3 is 19.4 Å². The van der Waals surface area contributed by atoms with Crippen LogP contribution in [0.3, 0.4) is 0 Å². The highest BCUT2D eigenvalue weighted by atomic mass is 16.5. The standard InChI is InChI=1S/C16H16BNO3/c1-2-20-15-10-21-16-13(7-4-8-14(16)18(15)17)11-5-3-6-12(19)9-11/h3-9,15,19H,2,10H2,1H3. The Morgan fingerprint density at radius 2 is 2.14 bits per heavy atom. The SMILES string of the molecule is [B]N1c2cccc(-c3cccc(O)c3)c2OCC1OCC. The molecule has 1 aliphatic rings. The van der Waals surface area contributed by atoms with Gasteiger partial charge in [-0.15, -0.1) is 0 Å². The van der Waals surface area contributed by atoms with Crippen molar-refractivity contribution in [3.63, 3.8) is 0 Å². The van der Waals surface area contributed by atoms with E-state index in [-0.39, 0.29) is 12.0 Å². The zero-order valence-electron chi connectivity index (χ0n) is 11.8. The number of benzene rings is 2. The van der Waals surface area contributed by atoms with Crippen molar-refractivity contribution in [3.05, 3.63) is 42.5 Å². The molecule has 21 heavy (non-hydrogen) atoms. The number of rotatable bonds is 3. The number of hydrogen-bond acceptors (Lipinski definition) is 4. The largest absolute Gasteiger partial charge is 0.508 e. The molecule has 0 bridgehead atoms. The van der Waals surface area contributed by atoms with Crippen LogP contribution >= 0.6 is 0 Å². The summed E-state index contributed by atoms with van der Waals surface area (Å²) in [5, 5.41) is 9.65. The molecule has 2 radical (unpaired) electrons. The molecular formula is C16H16BNO3. The second kappa shape index (κ2) is 5.70. The maximum absolute atomic E-state index is 9.65. The van der Waals surface area contributed by atoms with Gasteiger partial charge in [-0.2, -0.15) is 0 Å². The normalized spacial score (nSPS) is 17.2. The summed E-state index contributed by atoms with van der Waals surface area (Å²) in [4.78, 5) is 1.59. The highest BCUT2D eigenvalue weighted by Crippen LogP contribution is 2.41. The lowest BCUT2D eigenvalue weighted by Crippen LogP contribution is -2.43. The lowest BCUT2D eigenvalue weighted by Gasteiger charge is -2.37. The van der Waals surface area contributed by atoms with Crippen molar-refractivity contribution in [2.45, 2.75) is 13.2 Å². The number of hydrogen-bond donors (Lipinski definition) is 1. The van der Waals surface area contributed by atoms with E-state index in [2.05, 4.69) is 0 Å². The summed E-state index contributed by atoms with van der Waals surface area (Å²) in [6.07, 6.45) is -0.290. The van der Waals surface area contributed by atoms with Crippen LogP contribution in [-0.2, 0) is 4.74 Å². The van der Waals surface area contributed by atoms with Gasteiger partial charge in [0.15, 0.2) is 6.23 Å². The zero-order chi connectivity index (χ0) is 14.8. The van der Waals surface area contributed by atoms with Gasteiger partial charge in [0, 0.05) is 12.2 Å². The van der Waals surface area contributed by atoms with E-state index in [4.69, 9.17) is 17.5 Å². The third-order valence-electron chi connectivity index (χ3n) is 3.47. The average Bonchev–Trinajstić information content (AvgIpc) is 2.50. The van der Waals surface area contributed by atoms with E-state index in [0.29, 0.717) is 19.0 Å². The molecule has 0 amide bonds. The van der Waals surface area contributed by atoms with Crippen LogP contribution in [0.2, 0.25) is 0 Å². The maximum Gasteiger partial charge on any atom is 0.230 e. The summed E-state index contributed by atoms with van der Waals surface area (Å²) >= 11 is 0. The van der Waals surface area contributed by atoms with E-state index in [1.165, 1.54) is 0 Å². The number of nitrogens with zero attached hydrogens (tertiary/aromatic N) is 1. The lowest BCUT2D eigenvalue weighted by atomic mass is 10.0. The van der Waals surface area contributed by atoms with Gasteiger partial charge in [0.25, 0.3) is 0 Å². The number of ether oxygens (including phenoxy) is 2. The maximum atomic E-state index is 9.65. The van der Waals surface area contributed by atoms with Crippen LogP contribution in [0.1, 0.15) is 6.92 Å². The van der Waals surface area contributed by atoms with Crippen molar-refractivity contribution in [2.24, 2.45) is 0 Å². The van der Waals surface area contributed by atoms with E-state index < -0.39 is 0 Å². The summed E-state index contributed by atoms with van der Waals surface area (Å²) in [6, 6.07) is 12.8. The Kier molecular flexibility index (Phi) is 3.75. The number of para-hydroxylation sites is 1. The summed E-state index contributed by atoms with van der Waals surface area (Å²) in [6.45, 7) is 2.86. The molecule has 0 saturated carbocycles. The fourth-order valence-corrected chi connectivity index (χ4v) is 2.49. The minimum Gasteiger partial charge on any atom is -0.508 e. The quantitative estimate of drug-likeness (QED) is 0.878. The fourth-order valence-electron chi connectivity index (χ4n) is 2.49. The molecule has 2 aromatic rings. The summed E-state index contributed by atoms with van der Waals surface area (Å²) < 4.78 is 11.4. The third kappa shape index (κ3) is 2.57. The number of fused-ring (bicyclic) bond motifs is 1. The van der Waals surface area contributed by atoms with Crippen LogP contribution in [0.15, 0.2) is 42.5 Å². The number of anilines is 1. The Morgan fingerprint density at radius 3 is 2.90 bits per heavy atom. The number of phenolic OH excluding ortho intramolecular Hbond substituents is 1. The molecule has 3 rings (SSSR count). The van der Waals surface area contributed by atoms with E-state index in [0.717, 1.165) is 16.8 Å². The molecule has 4 nitrogen and oxygen atoms in total. The van der Waals surface area contributed by atoms with Crippen molar-refractivity contribution in [1.82, 2.24) is 0 Å². The van der Waals surface area contributed by atoms with E-state index >= 15 is 0 Å². The molecule has 0 saturated heterocycles. The zero-order valence-corrected chi connectivity index (χ0v) is 11.8. The molecule has 0 aromatic heterocycles. The van der Waals surface area contributed by atoms with Crippen molar-refractivity contribution >= 4 is 13.7 Å². The van der Waals surface area contributed by atoms with Crippen molar-refractivity contribution in [1.29, 1.82) is 0 Å². The lowest BCUT2D eigenvalue weighted by molar-refractivity contribution is 0.0287. The molecule has 5 heteroatoms. The summed E-state index contributed by atoms with van der Waals surface area (Å²) in [5.74, 6) is 0.930. The Hall–Kier alpha value is -2.14. The van der Waals surface area contributed by atoms with Crippen molar-refractivity contribution < 1.29 is 14.6 Å². The first-order chi connectivity index (χ1) is 10.2. The van der Waals surface area contributed by atoms with E-state index in [1.807, 2.05) is 31.2 Å². The predicted octanol–water partition coefficient (Wildman–Crippen LogP) is 2.70. The van der Waals surface area contributed by atoms with Crippen LogP contribution in [0.5, 0.6) is 11.5 Å². The minimum atomic E-state index is -0.290. The third-order valence-corrected chi connectivity index (χ3v) is 3.47. The molecule has 0 fully saturated rings. The Bertz CT molecular complexity index is 647. The highest BCUT2D eigenvalue weighted by Gasteiger charge is 2.26. The van der Waals surface area contributed by atoms with Gasteiger partial charge in [-0.3, -0.25) is 0 Å². The molecule has 2 aromatic carbocycles. The first-order valence-corrected chi connectivity index (χ1v) is 6.91. The van der Waals surface area contributed by atoms with Crippen LogP contribution in [0.4, 0.5) is 5.69 Å². The van der Waals surface area contributed by atoms with E-state index in [9.17, 15) is 5.11 Å². The first-order valence-electron chi connectivity index (χ1n) is 6.91. The summed E-state index contributed by atoms with van der Waals surface area (Å²) in [5.41, 5.74) is 2.56. The number of aromatic hydroxyl groups is 1. The Balaban J connectivity index is 2.03. The van der Waals surface area contributed by atoms with Crippen LogP contribution in [0.25, 0.3) is 11.1 Å². The van der Waals surface area contributed by atoms with Crippen molar-refractivity contribution in [3.8, 4) is 22.6 Å². The van der Waals surface area contributed by atoms with Gasteiger partial charge in [-0.25, -0.2) is 0 Å². The Labute approximate surface area is 125 Å². The molecule has 1 unspecified atom stereocenters. The van der Waals surface area contributed by atoms with Gasteiger partial charge >= 0.3 is 0 Å².